The number of hydrogen-bond donors (Lipinski definition) is 1. The van der Waals surface area contributed by atoms with Crippen molar-refractivity contribution in [3.63, 3.8) is 0 Å². The predicted octanol–water partition coefficient (Wildman–Crippen LogP) is 4.80. The number of aliphatic hydroxyl groups excluding tert-OH is 1. The van der Waals surface area contributed by atoms with Crippen LogP contribution in [0.4, 0.5) is 13.2 Å². The van der Waals surface area contributed by atoms with E-state index in [1.165, 1.54) is 31.9 Å². The maximum Gasteiger partial charge on any atom is 0.443 e. The number of nitrogens with zero attached hydrogens (tertiary/aromatic N) is 1. The Morgan fingerprint density at radius 2 is 1.86 bits per heavy atom. The van der Waals surface area contributed by atoms with E-state index < -0.39 is 17.3 Å². The second-order valence-corrected chi connectivity index (χ2v) is 7.45. The van der Waals surface area contributed by atoms with Crippen molar-refractivity contribution in [2.24, 2.45) is 17.8 Å². The molecule has 2 aliphatic rings. The minimum absolute atomic E-state index is 0.0888. The Hall–Kier alpha value is -0.620. The first-order chi connectivity index (χ1) is 9.95. The summed E-state index contributed by atoms with van der Waals surface area (Å²) in [6.07, 6.45) is 4.03. The summed E-state index contributed by atoms with van der Waals surface area (Å²) >= 11 is 0.585. The molecule has 0 aliphatic heterocycles. The molecule has 1 heterocycles. The molecule has 118 valence electrons. The van der Waals surface area contributed by atoms with E-state index in [4.69, 9.17) is 0 Å². The van der Waals surface area contributed by atoms with Crippen LogP contribution in [0.15, 0.2) is 6.20 Å². The van der Waals surface area contributed by atoms with Crippen LogP contribution in [0, 0.1) is 17.8 Å². The molecule has 1 N–H and O–H groups in total. The van der Waals surface area contributed by atoms with Crippen molar-refractivity contribution >= 4 is 11.3 Å². The van der Waals surface area contributed by atoms with Gasteiger partial charge in [-0.25, -0.2) is 4.98 Å². The van der Waals surface area contributed by atoms with Gasteiger partial charge in [0.2, 0.25) is 0 Å². The molecule has 0 bridgehead atoms. The summed E-state index contributed by atoms with van der Waals surface area (Å²) in [6.45, 7) is 0. The lowest BCUT2D eigenvalue weighted by atomic mass is 9.66. The normalized spacial score (nSPS) is 31.7. The zero-order valence-electron chi connectivity index (χ0n) is 11.8. The number of hydrogen-bond acceptors (Lipinski definition) is 3. The highest BCUT2D eigenvalue weighted by molar-refractivity contribution is 7.11. The first kappa shape index (κ1) is 15.3. The van der Waals surface area contributed by atoms with Gasteiger partial charge >= 0.3 is 6.18 Å². The molecule has 2 nitrogen and oxygen atoms in total. The van der Waals surface area contributed by atoms with Gasteiger partial charge in [0.1, 0.15) is 0 Å². The SMILES string of the molecule is OC(c1cnc(C(F)(F)F)s1)C1CCC2CCCCC2C1. The van der Waals surface area contributed by atoms with Gasteiger partial charge in [0.15, 0.2) is 5.01 Å². The second kappa shape index (κ2) is 5.88. The first-order valence-corrected chi connectivity index (χ1v) is 8.48. The molecule has 21 heavy (non-hydrogen) atoms. The van der Waals surface area contributed by atoms with Gasteiger partial charge in [0.25, 0.3) is 0 Å². The summed E-state index contributed by atoms with van der Waals surface area (Å²) in [5.74, 6) is 1.52. The Bertz CT molecular complexity index is 488. The van der Waals surface area contributed by atoms with Crippen LogP contribution < -0.4 is 0 Å². The average Bonchev–Trinajstić information content (AvgIpc) is 2.96. The van der Waals surface area contributed by atoms with Crippen LogP contribution in [-0.4, -0.2) is 10.1 Å². The molecule has 1 aromatic rings. The fraction of sp³-hybridized carbons (Fsp3) is 0.800. The molecule has 2 aliphatic carbocycles. The van der Waals surface area contributed by atoms with Crippen molar-refractivity contribution in [3.05, 3.63) is 16.1 Å². The molecule has 0 aromatic carbocycles. The number of aromatic nitrogens is 1. The predicted molar refractivity (Wildman–Crippen MR) is 74.9 cm³/mol. The molecule has 0 radical (unpaired) electrons. The van der Waals surface area contributed by atoms with E-state index in [0.717, 1.165) is 25.2 Å². The van der Waals surface area contributed by atoms with Crippen molar-refractivity contribution in [1.29, 1.82) is 0 Å². The van der Waals surface area contributed by atoms with E-state index in [-0.39, 0.29) is 5.92 Å². The summed E-state index contributed by atoms with van der Waals surface area (Å²) in [7, 11) is 0. The Morgan fingerprint density at radius 1 is 1.14 bits per heavy atom. The van der Waals surface area contributed by atoms with E-state index in [1.54, 1.807) is 0 Å². The van der Waals surface area contributed by atoms with Crippen molar-refractivity contribution in [2.75, 3.05) is 0 Å². The third-order valence-electron chi connectivity index (χ3n) is 5.08. The van der Waals surface area contributed by atoms with Gasteiger partial charge in [0.05, 0.1) is 11.0 Å². The van der Waals surface area contributed by atoms with Crippen molar-refractivity contribution in [1.82, 2.24) is 4.98 Å². The zero-order valence-corrected chi connectivity index (χ0v) is 12.6. The summed E-state index contributed by atoms with van der Waals surface area (Å²) in [6, 6.07) is 0. The molecule has 6 heteroatoms. The summed E-state index contributed by atoms with van der Waals surface area (Å²) in [5, 5.41) is 9.56. The lowest BCUT2D eigenvalue weighted by molar-refractivity contribution is -0.137. The van der Waals surface area contributed by atoms with Gasteiger partial charge in [-0.3, -0.25) is 0 Å². The van der Waals surface area contributed by atoms with Gasteiger partial charge in [-0.1, -0.05) is 25.7 Å². The highest BCUT2D eigenvalue weighted by Gasteiger charge is 2.38. The minimum Gasteiger partial charge on any atom is -0.387 e. The minimum atomic E-state index is -4.41. The topological polar surface area (TPSA) is 33.1 Å². The Balaban J connectivity index is 1.67. The Morgan fingerprint density at radius 3 is 2.52 bits per heavy atom. The van der Waals surface area contributed by atoms with E-state index in [2.05, 4.69) is 4.98 Å². The van der Waals surface area contributed by atoms with Crippen LogP contribution in [0.1, 0.15) is 60.9 Å². The van der Waals surface area contributed by atoms with E-state index in [9.17, 15) is 18.3 Å². The van der Waals surface area contributed by atoms with Crippen molar-refractivity contribution in [3.8, 4) is 0 Å². The highest BCUT2D eigenvalue weighted by Crippen LogP contribution is 2.47. The molecule has 0 spiro atoms. The van der Waals surface area contributed by atoms with Crippen LogP contribution in [0.2, 0.25) is 0 Å². The fourth-order valence-electron chi connectivity index (χ4n) is 3.98. The molecular weight excluding hydrogens is 299 g/mol. The van der Waals surface area contributed by atoms with Crippen LogP contribution in [-0.2, 0) is 6.18 Å². The number of thiazole rings is 1. The maximum atomic E-state index is 12.6. The first-order valence-electron chi connectivity index (χ1n) is 7.66. The lowest BCUT2D eigenvalue weighted by Gasteiger charge is -2.40. The van der Waals surface area contributed by atoms with Gasteiger partial charge in [-0.2, -0.15) is 13.2 Å². The van der Waals surface area contributed by atoms with Gasteiger partial charge in [-0.15, -0.1) is 11.3 Å². The molecule has 0 amide bonds. The highest BCUT2D eigenvalue weighted by atomic mass is 32.1. The fourth-order valence-corrected chi connectivity index (χ4v) is 4.85. The Kier molecular flexibility index (Phi) is 4.28. The number of alkyl halides is 3. The standard InChI is InChI=1S/C15H20F3NOS/c16-15(17,18)14-19-8-12(21-14)13(20)11-6-5-9-3-1-2-4-10(9)7-11/h8-11,13,20H,1-7H2. The molecule has 2 fully saturated rings. The lowest BCUT2D eigenvalue weighted by Crippen LogP contribution is -2.30. The zero-order chi connectivity index (χ0) is 15.0. The Labute approximate surface area is 126 Å². The van der Waals surface area contributed by atoms with Crippen LogP contribution in [0.3, 0.4) is 0 Å². The maximum absolute atomic E-state index is 12.6. The number of rotatable bonds is 2. The van der Waals surface area contributed by atoms with Crippen molar-refractivity contribution < 1.29 is 18.3 Å². The van der Waals surface area contributed by atoms with Gasteiger partial charge in [0, 0.05) is 6.20 Å². The quantitative estimate of drug-likeness (QED) is 0.849. The molecule has 3 rings (SSSR count). The largest absolute Gasteiger partial charge is 0.443 e. The number of halogens is 3. The molecule has 0 saturated heterocycles. The van der Waals surface area contributed by atoms with Crippen LogP contribution in [0.25, 0.3) is 0 Å². The van der Waals surface area contributed by atoms with E-state index in [1.807, 2.05) is 0 Å². The molecule has 2 saturated carbocycles. The third-order valence-corrected chi connectivity index (χ3v) is 6.20. The monoisotopic (exact) mass is 319 g/mol. The third kappa shape index (κ3) is 3.26. The second-order valence-electron chi connectivity index (χ2n) is 6.39. The van der Waals surface area contributed by atoms with Crippen LogP contribution >= 0.6 is 11.3 Å². The summed E-state index contributed by atoms with van der Waals surface area (Å²) < 4.78 is 37.8. The smallest absolute Gasteiger partial charge is 0.387 e. The molecular formula is C15H20F3NOS. The average molecular weight is 319 g/mol. The van der Waals surface area contributed by atoms with Gasteiger partial charge < -0.3 is 5.11 Å². The molecule has 4 unspecified atom stereocenters. The summed E-state index contributed by atoms with van der Waals surface area (Å²) in [5.41, 5.74) is 0. The van der Waals surface area contributed by atoms with E-state index >= 15 is 0 Å². The number of fused-ring (bicyclic) bond motifs is 1. The van der Waals surface area contributed by atoms with Crippen molar-refractivity contribution in [2.45, 2.75) is 57.2 Å². The molecule has 1 aromatic heterocycles. The van der Waals surface area contributed by atoms with Gasteiger partial charge in [-0.05, 0) is 37.0 Å². The number of aliphatic hydroxyl groups is 1. The molecule has 4 atom stereocenters. The summed E-state index contributed by atoms with van der Waals surface area (Å²) in [4.78, 5) is 3.78. The van der Waals surface area contributed by atoms with Crippen LogP contribution in [0.5, 0.6) is 0 Å². The van der Waals surface area contributed by atoms with E-state index in [0.29, 0.717) is 22.1 Å².